The summed E-state index contributed by atoms with van der Waals surface area (Å²) in [6.45, 7) is 0.402. The van der Waals surface area contributed by atoms with Gasteiger partial charge < -0.3 is 9.52 Å². The molecule has 0 radical (unpaired) electrons. The molecule has 1 aliphatic carbocycles. The Bertz CT molecular complexity index is 1400. The first kappa shape index (κ1) is 27.9. The SMILES string of the molecule is O=S(=O)(c1ccccc1)N(CC(O)N1CCCC(Cc2nnc(C3CC3)o2)C1)c1cc(C(F)(F)F)ccc1Cl. The van der Waals surface area contributed by atoms with Gasteiger partial charge in [0.1, 0.15) is 6.23 Å². The lowest BCUT2D eigenvalue weighted by molar-refractivity contribution is -0.137. The van der Waals surface area contributed by atoms with Gasteiger partial charge in [-0.25, -0.2) is 8.42 Å². The summed E-state index contributed by atoms with van der Waals surface area (Å²) < 4.78 is 74.4. The molecule has 2 aromatic carbocycles. The lowest BCUT2D eigenvalue weighted by Gasteiger charge is -2.38. The molecule has 39 heavy (non-hydrogen) atoms. The number of nitrogens with zero attached hydrogens (tertiary/aromatic N) is 4. The van der Waals surface area contributed by atoms with Crippen LogP contribution in [0.2, 0.25) is 5.02 Å². The summed E-state index contributed by atoms with van der Waals surface area (Å²) in [4.78, 5) is 1.59. The van der Waals surface area contributed by atoms with Gasteiger partial charge in [-0.3, -0.25) is 9.21 Å². The largest absolute Gasteiger partial charge is 0.425 e. The predicted molar refractivity (Wildman–Crippen MR) is 138 cm³/mol. The Hall–Kier alpha value is -2.67. The minimum absolute atomic E-state index is 0.0808. The van der Waals surface area contributed by atoms with Gasteiger partial charge in [-0.05, 0) is 61.9 Å². The molecule has 1 saturated heterocycles. The zero-order valence-corrected chi connectivity index (χ0v) is 22.5. The van der Waals surface area contributed by atoms with E-state index in [1.807, 2.05) is 0 Å². The minimum Gasteiger partial charge on any atom is -0.425 e. The molecule has 1 N–H and O–H groups in total. The number of sulfonamides is 1. The molecule has 1 saturated carbocycles. The third-order valence-corrected chi connectivity index (χ3v) is 9.16. The molecule has 0 spiro atoms. The number of halogens is 4. The maximum Gasteiger partial charge on any atom is 0.416 e. The number of piperidine rings is 1. The molecule has 210 valence electrons. The van der Waals surface area contributed by atoms with Crippen molar-refractivity contribution in [1.29, 1.82) is 0 Å². The Balaban J connectivity index is 1.39. The number of likely N-dealkylation sites (tertiary alicyclic amines) is 1. The predicted octanol–water partition coefficient (Wildman–Crippen LogP) is 5.09. The van der Waals surface area contributed by atoms with Gasteiger partial charge in [0.15, 0.2) is 0 Å². The third kappa shape index (κ3) is 6.40. The van der Waals surface area contributed by atoms with Crippen molar-refractivity contribution in [3.05, 3.63) is 70.9 Å². The van der Waals surface area contributed by atoms with Gasteiger partial charge in [0, 0.05) is 25.4 Å². The lowest BCUT2D eigenvalue weighted by Crippen LogP contribution is -2.50. The van der Waals surface area contributed by atoms with Crippen LogP contribution < -0.4 is 4.31 Å². The monoisotopic (exact) mass is 584 g/mol. The molecule has 2 fully saturated rings. The van der Waals surface area contributed by atoms with Crippen LogP contribution in [0.15, 0.2) is 57.8 Å². The van der Waals surface area contributed by atoms with Crippen LogP contribution in [0.4, 0.5) is 18.9 Å². The highest BCUT2D eigenvalue weighted by Gasteiger charge is 2.36. The number of alkyl halides is 3. The molecular formula is C26H28ClF3N4O4S. The maximum absolute atomic E-state index is 13.7. The minimum atomic E-state index is -4.71. The fraction of sp³-hybridized carbons (Fsp3) is 0.462. The van der Waals surface area contributed by atoms with E-state index in [1.54, 1.807) is 11.0 Å². The molecule has 0 bridgehead atoms. The van der Waals surface area contributed by atoms with Crippen LogP contribution in [0.3, 0.4) is 0 Å². The van der Waals surface area contributed by atoms with Crippen molar-refractivity contribution in [2.45, 2.75) is 55.3 Å². The first-order valence-electron chi connectivity index (χ1n) is 12.7. The topological polar surface area (TPSA) is 99.8 Å². The Kier molecular flexibility index (Phi) is 7.91. The van der Waals surface area contributed by atoms with Crippen molar-refractivity contribution in [1.82, 2.24) is 15.1 Å². The van der Waals surface area contributed by atoms with Crippen LogP contribution in [-0.4, -0.2) is 54.5 Å². The number of benzene rings is 2. The molecule has 1 aromatic heterocycles. The van der Waals surface area contributed by atoms with Crippen LogP contribution in [0.25, 0.3) is 0 Å². The molecule has 2 heterocycles. The van der Waals surface area contributed by atoms with E-state index >= 15 is 0 Å². The van der Waals surface area contributed by atoms with Crippen molar-refractivity contribution in [2.24, 2.45) is 5.92 Å². The smallest absolute Gasteiger partial charge is 0.416 e. The van der Waals surface area contributed by atoms with Crippen LogP contribution in [0, 0.1) is 5.92 Å². The summed E-state index contributed by atoms with van der Waals surface area (Å²) in [7, 11) is -4.37. The number of aliphatic hydroxyl groups is 1. The van der Waals surface area contributed by atoms with E-state index in [1.165, 1.54) is 24.3 Å². The van der Waals surface area contributed by atoms with Gasteiger partial charge in [-0.2, -0.15) is 13.2 Å². The summed E-state index contributed by atoms with van der Waals surface area (Å²) in [6, 6.07) is 9.82. The molecule has 2 atom stereocenters. The average Bonchev–Trinajstić information content (AvgIpc) is 3.66. The number of aliphatic hydroxyl groups excluding tert-OH is 1. The van der Waals surface area contributed by atoms with Gasteiger partial charge in [-0.15, -0.1) is 10.2 Å². The second-order valence-electron chi connectivity index (χ2n) is 10.0. The fourth-order valence-corrected chi connectivity index (χ4v) is 6.58. The normalized spacial score (nSPS) is 19.7. The van der Waals surface area contributed by atoms with Crippen molar-refractivity contribution < 1.29 is 31.1 Å². The molecule has 2 unspecified atom stereocenters. The van der Waals surface area contributed by atoms with E-state index in [-0.39, 0.29) is 21.5 Å². The van der Waals surface area contributed by atoms with E-state index in [0.717, 1.165) is 42.1 Å². The highest BCUT2D eigenvalue weighted by Crippen LogP contribution is 2.40. The van der Waals surface area contributed by atoms with E-state index < -0.39 is 34.5 Å². The Morgan fingerprint density at radius 1 is 1.13 bits per heavy atom. The van der Waals surface area contributed by atoms with Gasteiger partial charge in [0.2, 0.25) is 11.8 Å². The summed E-state index contributed by atoms with van der Waals surface area (Å²) in [5.74, 6) is 1.60. The molecule has 1 aliphatic heterocycles. The third-order valence-electron chi connectivity index (χ3n) is 7.05. The highest BCUT2D eigenvalue weighted by molar-refractivity contribution is 7.92. The first-order chi connectivity index (χ1) is 18.5. The molecule has 2 aliphatic rings. The molecule has 3 aromatic rings. The summed E-state index contributed by atoms with van der Waals surface area (Å²) >= 11 is 6.25. The van der Waals surface area contributed by atoms with Crippen molar-refractivity contribution in [3.8, 4) is 0 Å². The second-order valence-corrected chi connectivity index (χ2v) is 12.3. The number of aromatic nitrogens is 2. The van der Waals surface area contributed by atoms with Crippen molar-refractivity contribution in [3.63, 3.8) is 0 Å². The van der Waals surface area contributed by atoms with Gasteiger partial charge in [-0.1, -0.05) is 29.8 Å². The number of anilines is 1. The van der Waals surface area contributed by atoms with E-state index in [4.69, 9.17) is 16.0 Å². The number of hydrogen-bond acceptors (Lipinski definition) is 7. The summed E-state index contributed by atoms with van der Waals surface area (Å²) in [6.07, 6.45) is -1.81. The number of rotatable bonds is 9. The van der Waals surface area contributed by atoms with Gasteiger partial charge in [0.25, 0.3) is 10.0 Å². The van der Waals surface area contributed by atoms with Gasteiger partial charge >= 0.3 is 6.18 Å². The molecule has 13 heteroatoms. The lowest BCUT2D eigenvalue weighted by atomic mass is 9.94. The standard InChI is InChI=1S/C26H28ClF3N4O4S/c27-21-11-10-19(26(28,29)30)14-22(21)34(39(36,37)20-6-2-1-3-7-20)16-24(35)33-12-4-5-17(15-33)13-23-31-32-25(38-23)18-8-9-18/h1-3,6-7,10-11,14,17-18,24,35H,4-5,8-9,12-13,15-16H2. The van der Waals surface area contributed by atoms with E-state index in [0.29, 0.717) is 43.3 Å². The zero-order chi connectivity index (χ0) is 27.8. The van der Waals surface area contributed by atoms with Crippen molar-refractivity contribution >= 4 is 27.3 Å². The Labute approximate surface area is 229 Å². The van der Waals surface area contributed by atoms with E-state index in [2.05, 4.69) is 10.2 Å². The number of hydrogen-bond donors (Lipinski definition) is 1. The summed E-state index contributed by atoms with van der Waals surface area (Å²) in [5.41, 5.74) is -1.41. The first-order valence-corrected chi connectivity index (χ1v) is 14.5. The highest BCUT2D eigenvalue weighted by atomic mass is 35.5. The quantitative estimate of drug-likeness (QED) is 0.374. The Morgan fingerprint density at radius 3 is 2.56 bits per heavy atom. The van der Waals surface area contributed by atoms with Crippen LogP contribution in [0.1, 0.15) is 48.9 Å². The fourth-order valence-electron chi connectivity index (χ4n) is 4.82. The van der Waals surface area contributed by atoms with Crippen LogP contribution in [0.5, 0.6) is 0 Å². The molecule has 0 amide bonds. The maximum atomic E-state index is 13.7. The van der Waals surface area contributed by atoms with Crippen LogP contribution >= 0.6 is 11.6 Å². The van der Waals surface area contributed by atoms with Crippen LogP contribution in [-0.2, 0) is 22.6 Å². The molecule has 5 rings (SSSR count). The molecule has 8 nitrogen and oxygen atoms in total. The summed E-state index contributed by atoms with van der Waals surface area (Å²) in [5, 5.41) is 19.3. The second kappa shape index (κ2) is 11.1. The van der Waals surface area contributed by atoms with Crippen molar-refractivity contribution in [2.75, 3.05) is 23.9 Å². The molecular weight excluding hydrogens is 557 g/mol. The van der Waals surface area contributed by atoms with Gasteiger partial charge in [0.05, 0.1) is 27.7 Å². The van der Waals surface area contributed by atoms with E-state index in [9.17, 15) is 26.7 Å². The average molecular weight is 585 g/mol. The Morgan fingerprint density at radius 2 is 1.87 bits per heavy atom. The zero-order valence-electron chi connectivity index (χ0n) is 20.9.